The van der Waals surface area contributed by atoms with Crippen LogP contribution in [0.3, 0.4) is 0 Å². The van der Waals surface area contributed by atoms with Gasteiger partial charge in [-0.25, -0.2) is 0 Å². The minimum Gasteiger partial charge on any atom is -0.389 e. The van der Waals surface area contributed by atoms with E-state index in [2.05, 4.69) is 18.0 Å². The number of aliphatic hydroxyl groups is 1. The highest BCUT2D eigenvalue weighted by Crippen LogP contribution is 2.38. The van der Waals surface area contributed by atoms with Crippen LogP contribution in [0.25, 0.3) is 0 Å². The summed E-state index contributed by atoms with van der Waals surface area (Å²) in [5.41, 5.74) is 1.85. The van der Waals surface area contributed by atoms with Gasteiger partial charge in [0, 0.05) is 24.9 Å². The molecule has 0 amide bonds. The number of aryl methyl sites for hydroxylation is 1. The van der Waals surface area contributed by atoms with Crippen LogP contribution in [0.2, 0.25) is 0 Å². The Balaban J connectivity index is 2.30. The third kappa shape index (κ3) is 2.29. The van der Waals surface area contributed by atoms with Crippen molar-refractivity contribution in [2.75, 3.05) is 7.11 Å². The van der Waals surface area contributed by atoms with Gasteiger partial charge in [-0.3, -0.25) is 4.98 Å². The molecule has 0 saturated heterocycles. The number of hydrogen-bond donors (Lipinski definition) is 1. The molecule has 0 saturated carbocycles. The monoisotopic (exact) mass is 249 g/mol. The molecule has 0 bridgehead atoms. The molecular weight excluding hydrogens is 226 g/mol. The predicted octanol–water partition coefficient (Wildman–Crippen LogP) is 2.68. The Labute approximate surface area is 109 Å². The first kappa shape index (κ1) is 13.5. The van der Waals surface area contributed by atoms with Gasteiger partial charge in [0.15, 0.2) is 0 Å². The zero-order valence-corrected chi connectivity index (χ0v) is 11.5. The number of pyridine rings is 1. The third-order valence-electron chi connectivity index (χ3n) is 4.41. The topological polar surface area (TPSA) is 42.4 Å². The lowest BCUT2D eigenvalue weighted by molar-refractivity contribution is -0.104. The Morgan fingerprint density at radius 2 is 2.39 bits per heavy atom. The molecule has 0 spiro atoms. The molecule has 3 atom stereocenters. The van der Waals surface area contributed by atoms with Crippen LogP contribution in [0.5, 0.6) is 0 Å². The zero-order chi connectivity index (χ0) is 13.2. The maximum atomic E-state index is 10.7. The molecular formula is C15H23NO2. The number of rotatable bonds is 4. The summed E-state index contributed by atoms with van der Waals surface area (Å²) in [4.78, 5) is 4.49. The molecule has 1 heterocycles. The van der Waals surface area contributed by atoms with Crippen molar-refractivity contribution in [2.45, 2.75) is 57.2 Å². The third-order valence-corrected chi connectivity index (χ3v) is 4.41. The molecule has 1 aliphatic rings. The number of aromatic nitrogens is 1. The van der Waals surface area contributed by atoms with Gasteiger partial charge in [-0.15, -0.1) is 0 Å². The highest BCUT2D eigenvalue weighted by molar-refractivity contribution is 5.27. The molecule has 1 aromatic heterocycles. The molecule has 1 aliphatic carbocycles. The summed E-state index contributed by atoms with van der Waals surface area (Å²) in [7, 11) is 1.68. The second-order valence-electron chi connectivity index (χ2n) is 5.36. The summed E-state index contributed by atoms with van der Waals surface area (Å²) in [5, 5.41) is 10.7. The van der Waals surface area contributed by atoms with Crippen molar-refractivity contribution in [1.82, 2.24) is 4.98 Å². The number of fused-ring (bicyclic) bond motifs is 1. The molecule has 100 valence electrons. The van der Waals surface area contributed by atoms with Crippen LogP contribution in [0.4, 0.5) is 0 Å². The fourth-order valence-electron chi connectivity index (χ4n) is 2.85. The highest BCUT2D eigenvalue weighted by atomic mass is 16.5. The second kappa shape index (κ2) is 5.37. The Morgan fingerprint density at radius 3 is 3.06 bits per heavy atom. The molecule has 1 aromatic rings. The molecule has 3 nitrogen and oxygen atoms in total. The average molecular weight is 249 g/mol. The number of hydrogen-bond acceptors (Lipinski definition) is 3. The van der Waals surface area contributed by atoms with Crippen molar-refractivity contribution >= 4 is 0 Å². The summed E-state index contributed by atoms with van der Waals surface area (Å²) >= 11 is 0. The maximum Gasteiger partial charge on any atom is 0.0912 e. The van der Waals surface area contributed by atoms with Crippen molar-refractivity contribution in [3.63, 3.8) is 0 Å². The Kier molecular flexibility index (Phi) is 4.03. The molecule has 1 N–H and O–H groups in total. The lowest BCUT2D eigenvalue weighted by atomic mass is 9.77. The van der Waals surface area contributed by atoms with Crippen molar-refractivity contribution in [1.29, 1.82) is 0 Å². The van der Waals surface area contributed by atoms with Gasteiger partial charge in [0.05, 0.1) is 11.7 Å². The van der Waals surface area contributed by atoms with E-state index in [1.54, 1.807) is 7.11 Å². The van der Waals surface area contributed by atoms with E-state index in [1.807, 2.05) is 19.2 Å². The van der Waals surface area contributed by atoms with Crippen molar-refractivity contribution in [3.05, 3.63) is 29.6 Å². The normalized spacial score (nSPS) is 24.1. The molecule has 18 heavy (non-hydrogen) atoms. The Morgan fingerprint density at radius 1 is 1.61 bits per heavy atom. The minimum absolute atomic E-state index is 0.0971. The summed E-state index contributed by atoms with van der Waals surface area (Å²) < 4.78 is 5.54. The van der Waals surface area contributed by atoms with Crippen molar-refractivity contribution in [2.24, 2.45) is 0 Å². The standard InChI is InChI=1S/C15H23NO2/c1-4-15(2,18-3)14(17)12-9-5-7-11-8-6-10-16-13(11)12/h6,8,10,12,14,17H,4-5,7,9H2,1-3H3. The van der Waals surface area contributed by atoms with Gasteiger partial charge in [0.1, 0.15) is 0 Å². The molecule has 3 unspecified atom stereocenters. The average Bonchev–Trinajstić information content (AvgIpc) is 2.45. The Hall–Kier alpha value is -0.930. The van der Waals surface area contributed by atoms with Crippen LogP contribution in [-0.2, 0) is 11.2 Å². The van der Waals surface area contributed by atoms with E-state index in [0.717, 1.165) is 31.4 Å². The number of ether oxygens (including phenoxy) is 1. The van der Waals surface area contributed by atoms with Crippen LogP contribution in [0.15, 0.2) is 18.3 Å². The van der Waals surface area contributed by atoms with Crippen LogP contribution in [0.1, 0.15) is 50.3 Å². The van der Waals surface area contributed by atoms with E-state index in [4.69, 9.17) is 4.74 Å². The molecule has 0 aromatic carbocycles. The van der Waals surface area contributed by atoms with Gasteiger partial charge < -0.3 is 9.84 Å². The zero-order valence-electron chi connectivity index (χ0n) is 11.5. The van der Waals surface area contributed by atoms with Crippen LogP contribution in [-0.4, -0.2) is 28.9 Å². The number of methoxy groups -OCH3 is 1. The molecule has 2 rings (SSSR count). The first-order chi connectivity index (χ1) is 8.62. The first-order valence-electron chi connectivity index (χ1n) is 6.79. The summed E-state index contributed by atoms with van der Waals surface area (Å²) in [6.45, 7) is 4.03. The Bertz CT molecular complexity index is 401. The molecule has 3 heteroatoms. The van der Waals surface area contributed by atoms with Crippen molar-refractivity contribution in [3.8, 4) is 0 Å². The lowest BCUT2D eigenvalue weighted by Crippen LogP contribution is -2.45. The van der Waals surface area contributed by atoms with E-state index >= 15 is 0 Å². The second-order valence-corrected chi connectivity index (χ2v) is 5.36. The molecule has 0 fully saturated rings. The number of nitrogens with zero attached hydrogens (tertiary/aromatic N) is 1. The maximum absolute atomic E-state index is 10.7. The fraction of sp³-hybridized carbons (Fsp3) is 0.667. The number of aliphatic hydroxyl groups excluding tert-OH is 1. The predicted molar refractivity (Wildman–Crippen MR) is 71.6 cm³/mol. The van der Waals surface area contributed by atoms with Gasteiger partial charge in [0.25, 0.3) is 0 Å². The highest BCUT2D eigenvalue weighted by Gasteiger charge is 2.39. The summed E-state index contributed by atoms with van der Waals surface area (Å²) in [6, 6.07) is 4.10. The fourth-order valence-corrected chi connectivity index (χ4v) is 2.85. The summed E-state index contributed by atoms with van der Waals surface area (Å²) in [6.07, 6.45) is 5.29. The van der Waals surface area contributed by atoms with Gasteiger partial charge in [-0.2, -0.15) is 0 Å². The quantitative estimate of drug-likeness (QED) is 0.892. The van der Waals surface area contributed by atoms with Crippen LogP contribution >= 0.6 is 0 Å². The van der Waals surface area contributed by atoms with E-state index in [-0.39, 0.29) is 5.92 Å². The lowest BCUT2D eigenvalue weighted by Gasteiger charge is -2.38. The minimum atomic E-state index is -0.499. The van der Waals surface area contributed by atoms with E-state index in [0.29, 0.717) is 0 Å². The van der Waals surface area contributed by atoms with Gasteiger partial charge in [-0.05, 0) is 44.2 Å². The van der Waals surface area contributed by atoms with Gasteiger partial charge in [0.2, 0.25) is 0 Å². The van der Waals surface area contributed by atoms with Gasteiger partial charge in [-0.1, -0.05) is 13.0 Å². The first-order valence-corrected chi connectivity index (χ1v) is 6.79. The smallest absolute Gasteiger partial charge is 0.0912 e. The van der Waals surface area contributed by atoms with Crippen LogP contribution < -0.4 is 0 Å². The molecule has 0 radical (unpaired) electrons. The van der Waals surface area contributed by atoms with E-state index in [1.165, 1.54) is 5.56 Å². The largest absolute Gasteiger partial charge is 0.389 e. The van der Waals surface area contributed by atoms with Crippen LogP contribution in [0, 0.1) is 0 Å². The van der Waals surface area contributed by atoms with E-state index < -0.39 is 11.7 Å². The SMILES string of the molecule is CCC(C)(OC)C(O)C1CCCc2cccnc21. The summed E-state index contributed by atoms with van der Waals surface area (Å²) in [5.74, 6) is 0.0971. The van der Waals surface area contributed by atoms with Crippen molar-refractivity contribution < 1.29 is 9.84 Å². The van der Waals surface area contributed by atoms with Gasteiger partial charge >= 0.3 is 0 Å². The molecule has 0 aliphatic heterocycles. The van der Waals surface area contributed by atoms with E-state index in [9.17, 15) is 5.11 Å².